The summed E-state index contributed by atoms with van der Waals surface area (Å²) < 4.78 is 0. The first-order valence-electron chi connectivity index (χ1n) is 10.9. The van der Waals surface area contributed by atoms with Crippen LogP contribution >= 0.6 is 0 Å². The summed E-state index contributed by atoms with van der Waals surface area (Å²) in [6, 6.07) is 10.2. The van der Waals surface area contributed by atoms with Gasteiger partial charge in [0.15, 0.2) is 0 Å². The predicted octanol–water partition coefficient (Wildman–Crippen LogP) is 4.29. The van der Waals surface area contributed by atoms with Gasteiger partial charge < -0.3 is 20.9 Å². The summed E-state index contributed by atoms with van der Waals surface area (Å²) in [6.45, 7) is 2.86. The van der Waals surface area contributed by atoms with Crippen molar-refractivity contribution in [1.29, 1.82) is 0 Å². The maximum Gasteiger partial charge on any atom is 0.319 e. The summed E-state index contributed by atoms with van der Waals surface area (Å²) in [5, 5.41) is 9.53. The third-order valence-corrected chi connectivity index (χ3v) is 5.62. The minimum atomic E-state index is -0.118. The van der Waals surface area contributed by atoms with Crippen LogP contribution in [0.25, 0.3) is 0 Å². The van der Waals surface area contributed by atoms with Crippen molar-refractivity contribution < 1.29 is 4.79 Å². The van der Waals surface area contributed by atoms with Crippen molar-refractivity contribution in [1.82, 2.24) is 15.3 Å². The number of rotatable bonds is 8. The molecule has 0 atom stereocenters. The predicted molar refractivity (Wildman–Crippen MR) is 123 cm³/mol. The van der Waals surface area contributed by atoms with Gasteiger partial charge in [0.25, 0.3) is 0 Å². The summed E-state index contributed by atoms with van der Waals surface area (Å²) in [6.07, 6.45) is 8.09. The Hall–Kier alpha value is -2.83. The lowest BCUT2D eigenvalue weighted by atomic mass is 9.86. The molecule has 0 unspecified atom stereocenters. The van der Waals surface area contributed by atoms with Crippen molar-refractivity contribution in [2.24, 2.45) is 5.92 Å². The Labute approximate surface area is 179 Å². The number of para-hydroxylation sites is 1. The Bertz CT molecular complexity index is 817. The van der Waals surface area contributed by atoms with E-state index in [1.54, 1.807) is 6.20 Å². The Morgan fingerprint density at radius 1 is 1.13 bits per heavy atom. The molecule has 0 bridgehead atoms. The van der Waals surface area contributed by atoms with Gasteiger partial charge in [0.2, 0.25) is 5.95 Å². The Kier molecular flexibility index (Phi) is 7.88. The molecule has 7 heteroatoms. The number of urea groups is 1. The molecule has 2 amide bonds. The first-order chi connectivity index (χ1) is 14.5. The fraction of sp³-hybridized carbons (Fsp3) is 0.522. The third kappa shape index (κ3) is 6.34. The van der Waals surface area contributed by atoms with Crippen LogP contribution in [0.3, 0.4) is 0 Å². The second kappa shape index (κ2) is 10.8. The highest BCUT2D eigenvalue weighted by Gasteiger charge is 2.22. The Morgan fingerprint density at radius 3 is 2.63 bits per heavy atom. The SMILES string of the molecule is CCCc1ccccc1NC(=O)NC[C@H]1CC[C@@H](Nc2nccc(N(C)C)n2)CC1. The van der Waals surface area contributed by atoms with Gasteiger partial charge in [-0.2, -0.15) is 4.98 Å². The van der Waals surface area contributed by atoms with E-state index >= 15 is 0 Å². The molecule has 1 aliphatic rings. The molecule has 30 heavy (non-hydrogen) atoms. The lowest BCUT2D eigenvalue weighted by Gasteiger charge is -2.29. The van der Waals surface area contributed by atoms with Gasteiger partial charge in [0.1, 0.15) is 5.82 Å². The second-order valence-corrected chi connectivity index (χ2v) is 8.24. The van der Waals surface area contributed by atoms with Crippen molar-refractivity contribution in [3.63, 3.8) is 0 Å². The highest BCUT2D eigenvalue weighted by atomic mass is 16.2. The van der Waals surface area contributed by atoms with Crippen LogP contribution in [0.5, 0.6) is 0 Å². The number of hydrogen-bond acceptors (Lipinski definition) is 5. The van der Waals surface area contributed by atoms with E-state index in [0.717, 1.165) is 50.0 Å². The van der Waals surface area contributed by atoms with E-state index in [9.17, 15) is 4.79 Å². The number of benzene rings is 1. The molecule has 162 valence electrons. The molecule has 1 aromatic carbocycles. The largest absolute Gasteiger partial charge is 0.363 e. The zero-order valence-electron chi connectivity index (χ0n) is 18.3. The van der Waals surface area contributed by atoms with E-state index in [1.807, 2.05) is 43.3 Å². The van der Waals surface area contributed by atoms with Crippen LogP contribution in [0.4, 0.5) is 22.2 Å². The molecule has 0 saturated heterocycles. The maximum atomic E-state index is 12.3. The van der Waals surface area contributed by atoms with Crippen molar-refractivity contribution in [2.45, 2.75) is 51.5 Å². The number of amides is 2. The number of aryl methyl sites for hydroxylation is 1. The highest BCUT2D eigenvalue weighted by Crippen LogP contribution is 2.26. The summed E-state index contributed by atoms with van der Waals surface area (Å²) in [4.78, 5) is 23.2. The zero-order chi connectivity index (χ0) is 21.3. The smallest absolute Gasteiger partial charge is 0.319 e. The number of hydrogen-bond donors (Lipinski definition) is 3. The molecule has 1 saturated carbocycles. The molecule has 0 radical (unpaired) electrons. The van der Waals surface area contributed by atoms with Crippen LogP contribution in [-0.4, -0.2) is 42.7 Å². The van der Waals surface area contributed by atoms with Gasteiger partial charge in [-0.05, 0) is 55.7 Å². The van der Waals surface area contributed by atoms with Gasteiger partial charge in [-0.1, -0.05) is 31.5 Å². The summed E-state index contributed by atoms with van der Waals surface area (Å²) in [5.41, 5.74) is 2.09. The van der Waals surface area contributed by atoms with Gasteiger partial charge in [0.05, 0.1) is 0 Å². The molecule has 1 fully saturated rings. The van der Waals surface area contributed by atoms with Crippen molar-refractivity contribution in [3.8, 4) is 0 Å². The van der Waals surface area contributed by atoms with Gasteiger partial charge in [-0.25, -0.2) is 9.78 Å². The summed E-state index contributed by atoms with van der Waals surface area (Å²) >= 11 is 0. The van der Waals surface area contributed by atoms with Crippen LogP contribution in [-0.2, 0) is 6.42 Å². The van der Waals surface area contributed by atoms with E-state index in [-0.39, 0.29) is 6.03 Å². The van der Waals surface area contributed by atoms with Crippen molar-refractivity contribution in [3.05, 3.63) is 42.1 Å². The first-order valence-corrected chi connectivity index (χ1v) is 10.9. The maximum absolute atomic E-state index is 12.3. The average Bonchev–Trinajstić information content (AvgIpc) is 2.75. The van der Waals surface area contributed by atoms with Gasteiger partial charge in [-0.3, -0.25) is 0 Å². The molecule has 3 N–H and O–H groups in total. The van der Waals surface area contributed by atoms with Crippen molar-refractivity contribution in [2.75, 3.05) is 36.2 Å². The minimum Gasteiger partial charge on any atom is -0.363 e. The number of anilines is 3. The fourth-order valence-electron chi connectivity index (χ4n) is 3.89. The van der Waals surface area contributed by atoms with E-state index in [0.29, 0.717) is 24.5 Å². The monoisotopic (exact) mass is 410 g/mol. The third-order valence-electron chi connectivity index (χ3n) is 5.62. The molecule has 1 aromatic heterocycles. The van der Waals surface area contributed by atoms with E-state index < -0.39 is 0 Å². The normalized spacial score (nSPS) is 18.5. The second-order valence-electron chi connectivity index (χ2n) is 8.24. The number of carbonyl (C=O) groups excluding carboxylic acids is 1. The molecule has 7 nitrogen and oxygen atoms in total. The molecule has 3 rings (SSSR count). The van der Waals surface area contributed by atoms with E-state index in [2.05, 4.69) is 38.9 Å². The lowest BCUT2D eigenvalue weighted by molar-refractivity contribution is 0.246. The van der Waals surface area contributed by atoms with Gasteiger partial charge in [-0.15, -0.1) is 0 Å². The standard InChI is InChI=1S/C23H34N6O/c1-4-7-18-8-5-6-9-20(18)27-23(30)25-16-17-10-12-19(13-11-17)26-22-24-15-14-21(28-22)29(2)3/h5-6,8-9,14-15,17,19H,4,7,10-13,16H2,1-3H3,(H,24,26,28)(H2,25,27,30)/t17-,19+. The molecular formula is C23H34N6O. The van der Waals surface area contributed by atoms with Crippen LogP contribution in [0.1, 0.15) is 44.6 Å². The Morgan fingerprint density at radius 2 is 1.90 bits per heavy atom. The molecule has 2 aromatic rings. The molecule has 1 heterocycles. The van der Waals surface area contributed by atoms with E-state index in [4.69, 9.17) is 0 Å². The van der Waals surface area contributed by atoms with Crippen molar-refractivity contribution >= 4 is 23.5 Å². The number of nitrogens with zero attached hydrogens (tertiary/aromatic N) is 3. The average molecular weight is 411 g/mol. The van der Waals surface area contributed by atoms with Crippen LogP contribution in [0, 0.1) is 5.92 Å². The zero-order valence-corrected chi connectivity index (χ0v) is 18.3. The molecule has 0 spiro atoms. The van der Waals surface area contributed by atoms with Gasteiger partial charge in [0, 0.05) is 38.6 Å². The Balaban J connectivity index is 1.41. The molecule has 0 aliphatic heterocycles. The summed E-state index contributed by atoms with van der Waals surface area (Å²) in [5.74, 6) is 2.10. The fourth-order valence-corrected chi connectivity index (χ4v) is 3.89. The summed E-state index contributed by atoms with van der Waals surface area (Å²) in [7, 11) is 3.95. The molecular weight excluding hydrogens is 376 g/mol. The number of nitrogens with one attached hydrogen (secondary N) is 3. The minimum absolute atomic E-state index is 0.118. The van der Waals surface area contributed by atoms with Crippen LogP contribution < -0.4 is 20.9 Å². The topological polar surface area (TPSA) is 82.2 Å². The van der Waals surface area contributed by atoms with Crippen LogP contribution in [0.2, 0.25) is 0 Å². The lowest BCUT2D eigenvalue weighted by Crippen LogP contribution is -2.36. The quantitative estimate of drug-likeness (QED) is 0.605. The first kappa shape index (κ1) is 21.9. The van der Waals surface area contributed by atoms with Gasteiger partial charge >= 0.3 is 6.03 Å². The van der Waals surface area contributed by atoms with E-state index in [1.165, 1.54) is 5.56 Å². The molecule has 1 aliphatic carbocycles. The number of carbonyl (C=O) groups is 1. The highest BCUT2D eigenvalue weighted by molar-refractivity contribution is 5.90. The van der Waals surface area contributed by atoms with Crippen LogP contribution in [0.15, 0.2) is 36.5 Å². The number of aromatic nitrogens is 2.